The molecule has 8 nitrogen and oxygen atoms in total. The number of thioether (sulfide) groups is 1. The Balaban J connectivity index is 1.68. The Hall–Kier alpha value is -3.46. The highest BCUT2D eigenvalue weighted by Gasteiger charge is 2.20. The van der Waals surface area contributed by atoms with Crippen molar-refractivity contribution in [2.75, 3.05) is 0 Å². The van der Waals surface area contributed by atoms with E-state index in [-0.39, 0.29) is 11.5 Å². The maximum atomic E-state index is 13.5. The molecule has 0 unspecified atom stereocenters. The molecule has 0 spiro atoms. The highest BCUT2D eigenvalue weighted by molar-refractivity contribution is 7.98. The Bertz CT molecular complexity index is 1510. The van der Waals surface area contributed by atoms with E-state index in [0.717, 1.165) is 22.3 Å². The molecule has 162 valence electrons. The Kier molecular flexibility index (Phi) is 5.05. The summed E-state index contributed by atoms with van der Waals surface area (Å²) in [4.78, 5) is 17.9. The Morgan fingerprint density at radius 3 is 2.66 bits per heavy atom. The lowest BCUT2D eigenvalue weighted by Crippen LogP contribution is -2.22. The van der Waals surface area contributed by atoms with E-state index in [4.69, 9.17) is 4.52 Å². The van der Waals surface area contributed by atoms with Gasteiger partial charge in [-0.1, -0.05) is 60.6 Å². The number of aryl methyl sites for hydroxylation is 2. The SMILES string of the molecule is Cc1ccc(-n2c(=O)c3ccccc3n3c(SCc4nc(C(C)C)no4)nnc23)c(C)c1. The Morgan fingerprint density at radius 2 is 1.91 bits per heavy atom. The molecule has 0 atom stereocenters. The van der Waals surface area contributed by atoms with Crippen LogP contribution in [0.4, 0.5) is 0 Å². The van der Waals surface area contributed by atoms with Crippen LogP contribution in [0.15, 0.2) is 56.9 Å². The summed E-state index contributed by atoms with van der Waals surface area (Å²) in [7, 11) is 0. The van der Waals surface area contributed by atoms with Crippen molar-refractivity contribution in [2.45, 2.75) is 44.5 Å². The molecule has 32 heavy (non-hydrogen) atoms. The van der Waals surface area contributed by atoms with Crippen LogP contribution in [-0.2, 0) is 5.75 Å². The maximum absolute atomic E-state index is 13.5. The number of nitrogens with zero attached hydrogens (tertiary/aromatic N) is 6. The van der Waals surface area contributed by atoms with Gasteiger partial charge in [0.2, 0.25) is 11.7 Å². The first-order valence-corrected chi connectivity index (χ1v) is 11.3. The molecule has 0 aliphatic carbocycles. The first-order chi connectivity index (χ1) is 15.4. The molecule has 0 aliphatic rings. The number of hydrogen-bond acceptors (Lipinski definition) is 7. The average molecular weight is 447 g/mol. The van der Waals surface area contributed by atoms with E-state index in [2.05, 4.69) is 26.4 Å². The number of rotatable bonds is 5. The van der Waals surface area contributed by atoms with E-state index >= 15 is 0 Å². The number of para-hydroxylation sites is 1. The third-order valence-corrected chi connectivity index (χ3v) is 6.23. The van der Waals surface area contributed by atoms with E-state index in [1.165, 1.54) is 11.8 Å². The molecule has 0 aliphatic heterocycles. The van der Waals surface area contributed by atoms with Crippen LogP contribution in [0.1, 0.15) is 42.6 Å². The van der Waals surface area contributed by atoms with Crippen LogP contribution in [0, 0.1) is 13.8 Å². The molecule has 5 aromatic rings. The van der Waals surface area contributed by atoms with Crippen LogP contribution in [-0.4, -0.2) is 29.3 Å². The van der Waals surface area contributed by atoms with Crippen molar-refractivity contribution >= 4 is 28.4 Å². The van der Waals surface area contributed by atoms with Crippen LogP contribution < -0.4 is 5.56 Å². The van der Waals surface area contributed by atoms with E-state index < -0.39 is 0 Å². The lowest BCUT2D eigenvalue weighted by Gasteiger charge is -2.13. The number of benzene rings is 2. The minimum atomic E-state index is -0.123. The molecule has 3 aromatic heterocycles. The molecule has 0 bridgehead atoms. The highest BCUT2D eigenvalue weighted by atomic mass is 32.2. The number of aromatic nitrogens is 6. The van der Waals surface area contributed by atoms with Gasteiger partial charge < -0.3 is 4.52 Å². The summed E-state index contributed by atoms with van der Waals surface area (Å²) in [5.74, 6) is 2.33. The van der Waals surface area contributed by atoms with Gasteiger partial charge in [-0.3, -0.25) is 9.20 Å². The first-order valence-electron chi connectivity index (χ1n) is 10.4. The predicted molar refractivity (Wildman–Crippen MR) is 124 cm³/mol. The molecule has 0 saturated carbocycles. The normalized spacial score (nSPS) is 11.8. The first kappa shape index (κ1) is 20.4. The average Bonchev–Trinajstić information content (AvgIpc) is 3.41. The molecule has 0 fully saturated rings. The zero-order chi connectivity index (χ0) is 22.4. The fourth-order valence-corrected chi connectivity index (χ4v) is 4.51. The van der Waals surface area contributed by atoms with Gasteiger partial charge in [-0.15, -0.1) is 10.2 Å². The molecular weight excluding hydrogens is 424 g/mol. The van der Waals surface area contributed by atoms with E-state index in [1.807, 2.05) is 68.5 Å². The van der Waals surface area contributed by atoms with Gasteiger partial charge in [-0.05, 0) is 37.6 Å². The van der Waals surface area contributed by atoms with Gasteiger partial charge >= 0.3 is 0 Å². The molecule has 0 radical (unpaired) electrons. The van der Waals surface area contributed by atoms with Gasteiger partial charge in [0.25, 0.3) is 5.56 Å². The number of fused-ring (bicyclic) bond motifs is 3. The van der Waals surface area contributed by atoms with Gasteiger partial charge in [0.1, 0.15) is 0 Å². The molecule has 2 aromatic carbocycles. The van der Waals surface area contributed by atoms with Gasteiger partial charge in [-0.2, -0.15) is 4.98 Å². The van der Waals surface area contributed by atoms with Crippen LogP contribution >= 0.6 is 11.8 Å². The fourth-order valence-electron chi connectivity index (χ4n) is 3.73. The van der Waals surface area contributed by atoms with Crippen molar-refractivity contribution in [3.8, 4) is 5.69 Å². The molecule has 0 amide bonds. The van der Waals surface area contributed by atoms with Crippen molar-refractivity contribution in [1.82, 2.24) is 29.3 Å². The summed E-state index contributed by atoms with van der Waals surface area (Å²) in [6, 6.07) is 13.5. The molecule has 5 rings (SSSR count). The minimum absolute atomic E-state index is 0.123. The second-order valence-corrected chi connectivity index (χ2v) is 9.00. The van der Waals surface area contributed by atoms with Crippen LogP contribution in [0.3, 0.4) is 0 Å². The largest absolute Gasteiger partial charge is 0.338 e. The summed E-state index contributed by atoms with van der Waals surface area (Å²) in [6.07, 6.45) is 0. The topological polar surface area (TPSA) is 91.1 Å². The quantitative estimate of drug-likeness (QED) is 0.368. The summed E-state index contributed by atoms with van der Waals surface area (Å²) in [6.45, 7) is 8.07. The summed E-state index contributed by atoms with van der Waals surface area (Å²) in [5, 5.41) is 14.1. The zero-order valence-electron chi connectivity index (χ0n) is 18.2. The van der Waals surface area contributed by atoms with Crippen molar-refractivity contribution < 1.29 is 4.52 Å². The minimum Gasteiger partial charge on any atom is -0.338 e. The van der Waals surface area contributed by atoms with Gasteiger partial charge in [0.05, 0.1) is 22.3 Å². The standard InChI is InChI=1S/C23H22N6O2S/c1-13(2)20-24-19(31-27-20)12-32-23-26-25-22-28(17-10-9-14(3)11-15(17)4)21(30)16-7-5-6-8-18(16)29(22)23/h5-11,13H,12H2,1-4H3. The third-order valence-electron chi connectivity index (χ3n) is 5.31. The van der Waals surface area contributed by atoms with Gasteiger partial charge in [-0.25, -0.2) is 4.57 Å². The predicted octanol–water partition coefficient (Wildman–Crippen LogP) is 4.45. The van der Waals surface area contributed by atoms with Crippen molar-refractivity contribution in [2.24, 2.45) is 0 Å². The molecule has 3 heterocycles. The Labute approximate surface area is 188 Å². The monoisotopic (exact) mass is 446 g/mol. The lowest BCUT2D eigenvalue weighted by atomic mass is 10.1. The molecule has 0 N–H and O–H groups in total. The zero-order valence-corrected chi connectivity index (χ0v) is 19.1. The van der Waals surface area contributed by atoms with E-state index in [9.17, 15) is 4.79 Å². The van der Waals surface area contributed by atoms with Crippen molar-refractivity contribution in [1.29, 1.82) is 0 Å². The summed E-state index contributed by atoms with van der Waals surface area (Å²) < 4.78 is 8.92. The summed E-state index contributed by atoms with van der Waals surface area (Å²) in [5.41, 5.74) is 3.55. The van der Waals surface area contributed by atoms with Crippen molar-refractivity contribution in [3.63, 3.8) is 0 Å². The van der Waals surface area contributed by atoms with E-state index in [1.54, 1.807) is 4.57 Å². The second-order valence-electron chi connectivity index (χ2n) is 8.06. The third kappa shape index (κ3) is 3.38. The Morgan fingerprint density at radius 1 is 1.09 bits per heavy atom. The van der Waals surface area contributed by atoms with E-state index in [0.29, 0.717) is 33.8 Å². The smallest absolute Gasteiger partial charge is 0.267 e. The van der Waals surface area contributed by atoms with Crippen molar-refractivity contribution in [3.05, 3.63) is 75.7 Å². The lowest BCUT2D eigenvalue weighted by molar-refractivity contribution is 0.383. The van der Waals surface area contributed by atoms with Gasteiger partial charge in [0.15, 0.2) is 11.0 Å². The second kappa shape index (κ2) is 7.90. The van der Waals surface area contributed by atoms with Gasteiger partial charge in [0, 0.05) is 5.92 Å². The van der Waals surface area contributed by atoms with Crippen LogP contribution in [0.25, 0.3) is 22.4 Å². The molecular formula is C23H22N6O2S. The highest BCUT2D eigenvalue weighted by Crippen LogP contribution is 2.26. The summed E-state index contributed by atoms with van der Waals surface area (Å²) >= 11 is 1.44. The number of hydrogen-bond donors (Lipinski definition) is 0. The maximum Gasteiger partial charge on any atom is 0.267 e. The molecule has 0 saturated heterocycles. The van der Waals surface area contributed by atoms with Crippen LogP contribution in [0.5, 0.6) is 0 Å². The van der Waals surface area contributed by atoms with Crippen LogP contribution in [0.2, 0.25) is 0 Å². The fraction of sp³-hybridized carbons (Fsp3) is 0.261. The molecule has 9 heteroatoms.